The van der Waals surface area contributed by atoms with Gasteiger partial charge in [0.25, 0.3) is 0 Å². The SMILES string of the molecule is COc1cc([C@H]2Oc3cc([C@H]4Oc5cc(OS(=O)(=O)c6ccc(OC(F)(F)F)cc6)cc(O)c5C(=O)[C@@H]4O)ccc3O[C@@H]2CO)ccc1O. The molecule has 258 valence electrons. The number of alkyl halides is 3. The summed E-state index contributed by atoms with van der Waals surface area (Å²) < 4.78 is 95.1. The molecule has 0 fully saturated rings. The highest BCUT2D eigenvalue weighted by Gasteiger charge is 2.41. The molecule has 0 bridgehead atoms. The predicted octanol–water partition coefficient (Wildman–Crippen LogP) is 4.32. The summed E-state index contributed by atoms with van der Waals surface area (Å²) >= 11 is 0. The van der Waals surface area contributed by atoms with Gasteiger partial charge in [0.05, 0.1) is 13.7 Å². The normalized spacial score (nSPS) is 20.2. The Morgan fingerprint density at radius 2 is 1.47 bits per heavy atom. The van der Waals surface area contributed by atoms with Gasteiger partial charge in [-0.05, 0) is 54.1 Å². The number of carbonyl (C=O) groups excluding carboxylic acids is 1. The molecule has 49 heavy (non-hydrogen) atoms. The summed E-state index contributed by atoms with van der Waals surface area (Å²) in [6.07, 6.45) is -9.97. The van der Waals surface area contributed by atoms with Gasteiger partial charge in [-0.2, -0.15) is 8.42 Å². The van der Waals surface area contributed by atoms with Gasteiger partial charge in [-0.1, -0.05) is 12.1 Å². The van der Waals surface area contributed by atoms with Crippen LogP contribution in [0.4, 0.5) is 13.2 Å². The van der Waals surface area contributed by atoms with E-state index in [9.17, 15) is 46.8 Å². The highest BCUT2D eigenvalue weighted by molar-refractivity contribution is 7.87. The Kier molecular flexibility index (Phi) is 8.60. The van der Waals surface area contributed by atoms with Crippen LogP contribution in [-0.4, -0.2) is 66.9 Å². The first-order chi connectivity index (χ1) is 23.2. The molecule has 4 atom stereocenters. The number of benzene rings is 4. The van der Waals surface area contributed by atoms with Crippen LogP contribution in [-0.2, 0) is 10.1 Å². The van der Waals surface area contributed by atoms with Crippen molar-refractivity contribution in [1.29, 1.82) is 0 Å². The van der Waals surface area contributed by atoms with Crippen LogP contribution in [0.3, 0.4) is 0 Å². The van der Waals surface area contributed by atoms with Crippen molar-refractivity contribution in [3.63, 3.8) is 0 Å². The number of phenolic OH excluding ortho intramolecular Hbond substituents is 2. The van der Waals surface area contributed by atoms with Gasteiger partial charge in [0.15, 0.2) is 47.4 Å². The molecule has 2 aliphatic heterocycles. The van der Waals surface area contributed by atoms with Crippen molar-refractivity contribution in [1.82, 2.24) is 0 Å². The molecule has 0 radical (unpaired) electrons. The zero-order valence-corrected chi connectivity index (χ0v) is 25.8. The number of hydrogen-bond acceptors (Lipinski definition) is 13. The first-order valence-electron chi connectivity index (χ1n) is 14.2. The summed E-state index contributed by atoms with van der Waals surface area (Å²) in [5.74, 6) is -2.86. The number of halogens is 3. The minimum Gasteiger partial charge on any atom is -0.507 e. The quantitative estimate of drug-likeness (QED) is 0.190. The first kappa shape index (κ1) is 33.5. The standard InChI is InChI=1S/C32H25F3O13S/c1-43-23-10-15(2-8-20(23)37)30-26(14-36)44-22-9-3-16(11-24(22)45-30)31-29(40)28(39)27-21(38)12-18(13-25(27)46-31)48-49(41,42)19-6-4-17(5-7-19)47-32(33,34)35/h2-13,26,29-31,36-38,40H,14H2,1H3/t26-,29+,30-,31-/m1/s1. The molecule has 0 saturated heterocycles. The molecule has 0 spiro atoms. The van der Waals surface area contributed by atoms with Gasteiger partial charge >= 0.3 is 16.5 Å². The number of aliphatic hydroxyl groups excluding tert-OH is 2. The number of methoxy groups -OCH3 is 1. The summed E-state index contributed by atoms with van der Waals surface area (Å²) in [5, 5.41) is 41.5. The van der Waals surface area contributed by atoms with Crippen LogP contribution in [0, 0.1) is 0 Å². The van der Waals surface area contributed by atoms with Crippen molar-refractivity contribution in [2.24, 2.45) is 0 Å². The lowest BCUT2D eigenvalue weighted by Gasteiger charge is -2.35. The molecule has 2 heterocycles. The number of aliphatic hydroxyl groups is 2. The first-order valence-corrected chi connectivity index (χ1v) is 15.6. The third-order valence-electron chi connectivity index (χ3n) is 7.54. The molecule has 0 unspecified atom stereocenters. The lowest BCUT2D eigenvalue weighted by atomic mass is 9.92. The predicted molar refractivity (Wildman–Crippen MR) is 159 cm³/mol. The van der Waals surface area contributed by atoms with E-state index in [1.54, 1.807) is 6.07 Å². The molecule has 0 aliphatic carbocycles. The highest BCUT2D eigenvalue weighted by Crippen LogP contribution is 2.46. The Balaban J connectivity index is 1.27. The van der Waals surface area contributed by atoms with Gasteiger partial charge in [-0.25, -0.2) is 0 Å². The van der Waals surface area contributed by atoms with E-state index in [4.69, 9.17) is 23.1 Å². The van der Waals surface area contributed by atoms with E-state index in [1.165, 1.54) is 37.4 Å². The van der Waals surface area contributed by atoms with Crippen molar-refractivity contribution in [3.8, 4) is 46.0 Å². The highest BCUT2D eigenvalue weighted by atomic mass is 32.2. The van der Waals surface area contributed by atoms with Crippen molar-refractivity contribution in [2.45, 2.75) is 35.7 Å². The van der Waals surface area contributed by atoms with Gasteiger partial charge in [0, 0.05) is 17.7 Å². The fraction of sp³-hybridized carbons (Fsp3) is 0.219. The van der Waals surface area contributed by atoms with Gasteiger partial charge in [-0.3, -0.25) is 4.79 Å². The number of ketones is 1. The molecule has 13 nitrogen and oxygen atoms in total. The second kappa shape index (κ2) is 12.6. The lowest BCUT2D eigenvalue weighted by Crippen LogP contribution is -2.37. The summed E-state index contributed by atoms with van der Waals surface area (Å²) in [6, 6.07) is 13.7. The maximum absolute atomic E-state index is 13.2. The summed E-state index contributed by atoms with van der Waals surface area (Å²) in [5.41, 5.74) is 0.246. The van der Waals surface area contributed by atoms with Crippen LogP contribution in [0.15, 0.2) is 77.7 Å². The van der Waals surface area contributed by atoms with Crippen molar-refractivity contribution in [2.75, 3.05) is 13.7 Å². The monoisotopic (exact) mass is 706 g/mol. The number of phenols is 2. The summed E-state index contributed by atoms with van der Waals surface area (Å²) in [7, 11) is -3.30. The molecule has 17 heteroatoms. The lowest BCUT2D eigenvalue weighted by molar-refractivity contribution is -0.274. The van der Waals surface area contributed by atoms with Crippen LogP contribution in [0.1, 0.15) is 33.7 Å². The van der Waals surface area contributed by atoms with E-state index in [0.29, 0.717) is 5.56 Å². The second-order valence-electron chi connectivity index (χ2n) is 10.7. The molecule has 0 saturated carbocycles. The van der Waals surface area contributed by atoms with Crippen LogP contribution < -0.4 is 27.9 Å². The minimum atomic E-state index is -4.99. The Morgan fingerprint density at radius 3 is 2.14 bits per heavy atom. The number of hydrogen-bond donors (Lipinski definition) is 4. The second-order valence-corrected chi connectivity index (χ2v) is 12.3. The zero-order valence-electron chi connectivity index (χ0n) is 24.9. The van der Waals surface area contributed by atoms with Crippen molar-refractivity contribution < 1.29 is 74.7 Å². The number of aromatic hydroxyl groups is 2. The Bertz CT molecular complexity index is 2020. The van der Waals surface area contributed by atoms with E-state index in [-0.39, 0.29) is 34.3 Å². The smallest absolute Gasteiger partial charge is 0.507 e. The van der Waals surface area contributed by atoms with Gasteiger partial charge in [0.1, 0.15) is 33.5 Å². The minimum absolute atomic E-state index is 0.120. The molecule has 4 aromatic rings. The van der Waals surface area contributed by atoms with E-state index in [2.05, 4.69) is 4.74 Å². The van der Waals surface area contributed by atoms with Crippen molar-refractivity contribution in [3.05, 3.63) is 89.5 Å². The Labute approximate surface area is 275 Å². The molecule has 4 aromatic carbocycles. The Morgan fingerprint density at radius 1 is 0.796 bits per heavy atom. The number of rotatable bonds is 8. The molecule has 0 amide bonds. The van der Waals surface area contributed by atoms with E-state index in [0.717, 1.165) is 36.4 Å². The van der Waals surface area contributed by atoms with Crippen LogP contribution in [0.25, 0.3) is 0 Å². The maximum atomic E-state index is 13.2. The van der Waals surface area contributed by atoms with Crippen LogP contribution >= 0.6 is 0 Å². The van der Waals surface area contributed by atoms with Gasteiger partial charge < -0.3 is 48.3 Å². The van der Waals surface area contributed by atoms with E-state index >= 15 is 0 Å². The number of ether oxygens (including phenoxy) is 5. The molecule has 4 N–H and O–H groups in total. The number of carbonyl (C=O) groups is 1. The Hall–Kier alpha value is -5.39. The fourth-order valence-electron chi connectivity index (χ4n) is 5.30. The third kappa shape index (κ3) is 6.67. The molecule has 2 aliphatic rings. The van der Waals surface area contributed by atoms with Crippen LogP contribution in [0.2, 0.25) is 0 Å². The number of fused-ring (bicyclic) bond motifs is 2. The molecule has 6 rings (SSSR count). The van der Waals surface area contributed by atoms with E-state index < -0.39 is 81.0 Å². The third-order valence-corrected chi connectivity index (χ3v) is 8.80. The fourth-order valence-corrected chi connectivity index (χ4v) is 6.22. The topological polar surface area (TPSA) is 188 Å². The van der Waals surface area contributed by atoms with E-state index in [1.807, 2.05) is 0 Å². The number of Topliss-reactive ketones (excluding diaryl/α,β-unsaturated/α-hetero) is 1. The summed E-state index contributed by atoms with van der Waals surface area (Å²) in [6.45, 7) is -0.438. The average Bonchev–Trinajstić information content (AvgIpc) is 3.04. The van der Waals surface area contributed by atoms with Crippen LogP contribution in [0.5, 0.6) is 46.0 Å². The van der Waals surface area contributed by atoms with Crippen molar-refractivity contribution >= 4 is 15.9 Å². The average molecular weight is 707 g/mol. The zero-order chi connectivity index (χ0) is 35.2. The van der Waals surface area contributed by atoms with Gasteiger partial charge in [0.2, 0.25) is 5.78 Å². The molecular formula is C32H25F3O13S. The maximum Gasteiger partial charge on any atom is 0.573 e. The largest absolute Gasteiger partial charge is 0.573 e. The molecular weight excluding hydrogens is 681 g/mol. The van der Waals surface area contributed by atoms with Gasteiger partial charge in [-0.15, -0.1) is 13.2 Å². The molecule has 0 aromatic heterocycles. The summed E-state index contributed by atoms with van der Waals surface area (Å²) in [4.78, 5) is 12.7.